The number of aliphatic hydroxyl groups is 1. The van der Waals surface area contributed by atoms with Crippen molar-refractivity contribution in [2.75, 3.05) is 4.90 Å². The van der Waals surface area contributed by atoms with Gasteiger partial charge in [-0.2, -0.15) is 0 Å². The molecule has 150 valence electrons. The Balaban J connectivity index is 1.75. The Morgan fingerprint density at radius 3 is 1.48 bits per heavy atom. The van der Waals surface area contributed by atoms with Crippen molar-refractivity contribution < 1.29 is 14.7 Å². The monoisotopic (exact) mass is 405 g/mol. The second-order valence-electron chi connectivity index (χ2n) is 7.45. The summed E-state index contributed by atoms with van der Waals surface area (Å²) >= 11 is 0. The third-order valence-electron chi connectivity index (χ3n) is 5.71. The number of fused-ring (bicyclic) bond motifs is 1. The van der Waals surface area contributed by atoms with E-state index in [1.165, 1.54) is 0 Å². The summed E-state index contributed by atoms with van der Waals surface area (Å²) in [5.74, 6) is -0.784. The fraction of sp³-hybridized carbons (Fsp3) is 0.0370. The lowest BCUT2D eigenvalue weighted by Gasteiger charge is -2.33. The maximum atomic E-state index is 13.2. The largest absolute Gasteiger partial charge is 0.376 e. The highest BCUT2D eigenvalue weighted by molar-refractivity contribution is 6.34. The van der Waals surface area contributed by atoms with E-state index in [0.29, 0.717) is 33.5 Å². The first-order valence-corrected chi connectivity index (χ1v) is 10.0. The summed E-state index contributed by atoms with van der Waals surface area (Å²) in [6, 6.07) is 32.3. The molecule has 0 unspecified atom stereocenters. The molecule has 0 fully saturated rings. The van der Waals surface area contributed by atoms with Gasteiger partial charge in [-0.15, -0.1) is 0 Å². The average molecular weight is 405 g/mol. The number of imide groups is 1. The Kier molecular flexibility index (Phi) is 4.50. The van der Waals surface area contributed by atoms with Crippen LogP contribution in [0.25, 0.3) is 0 Å². The van der Waals surface area contributed by atoms with Gasteiger partial charge in [0.15, 0.2) is 0 Å². The highest BCUT2D eigenvalue weighted by Gasteiger charge is 2.42. The van der Waals surface area contributed by atoms with Crippen LogP contribution in [0.1, 0.15) is 37.4 Å². The second-order valence-corrected chi connectivity index (χ2v) is 7.45. The molecule has 1 N–H and O–H groups in total. The predicted molar refractivity (Wildman–Crippen MR) is 119 cm³/mol. The fourth-order valence-corrected chi connectivity index (χ4v) is 4.22. The Bertz CT molecular complexity index is 1210. The summed E-state index contributed by atoms with van der Waals surface area (Å²) in [5, 5.41) is 12.2. The molecule has 0 radical (unpaired) electrons. The first-order chi connectivity index (χ1) is 15.1. The van der Waals surface area contributed by atoms with Crippen molar-refractivity contribution in [2.45, 2.75) is 5.60 Å². The van der Waals surface area contributed by atoms with Gasteiger partial charge in [0.1, 0.15) is 5.60 Å². The van der Waals surface area contributed by atoms with E-state index in [1.807, 2.05) is 60.7 Å². The molecule has 0 saturated carbocycles. The third-order valence-corrected chi connectivity index (χ3v) is 5.71. The lowest BCUT2D eigenvalue weighted by Crippen LogP contribution is -2.35. The summed E-state index contributed by atoms with van der Waals surface area (Å²) in [5.41, 5.74) is 1.28. The van der Waals surface area contributed by atoms with Gasteiger partial charge in [-0.05, 0) is 29.3 Å². The molecule has 4 heteroatoms. The van der Waals surface area contributed by atoms with E-state index in [4.69, 9.17) is 0 Å². The SMILES string of the molecule is O=C1c2ccccc2C(=O)N1c1ccccc1C(O)(c1ccccc1)c1ccccc1. The molecule has 2 amide bonds. The molecule has 4 aromatic rings. The summed E-state index contributed by atoms with van der Waals surface area (Å²) in [7, 11) is 0. The molecular formula is C27H19NO3. The lowest BCUT2D eigenvalue weighted by molar-refractivity contribution is 0.0923. The third kappa shape index (κ3) is 2.88. The van der Waals surface area contributed by atoms with Crippen LogP contribution in [0.2, 0.25) is 0 Å². The standard InChI is InChI=1S/C27H19NO3/c29-25-21-15-7-8-16-22(21)26(30)28(25)24-18-10-9-17-23(24)27(31,19-11-3-1-4-12-19)20-13-5-2-6-14-20/h1-18,31H. The van der Waals surface area contributed by atoms with Gasteiger partial charge in [-0.3, -0.25) is 9.59 Å². The van der Waals surface area contributed by atoms with E-state index in [1.54, 1.807) is 48.5 Å². The number of rotatable bonds is 4. The molecule has 0 spiro atoms. The molecule has 0 bridgehead atoms. The van der Waals surface area contributed by atoms with Crippen LogP contribution in [0.4, 0.5) is 5.69 Å². The number of para-hydroxylation sites is 1. The maximum absolute atomic E-state index is 13.2. The van der Waals surface area contributed by atoms with Gasteiger partial charge in [-0.1, -0.05) is 91.0 Å². The highest BCUT2D eigenvalue weighted by Crippen LogP contribution is 2.42. The zero-order valence-corrected chi connectivity index (χ0v) is 16.6. The van der Waals surface area contributed by atoms with Gasteiger partial charge in [-0.25, -0.2) is 4.90 Å². The van der Waals surface area contributed by atoms with Crippen molar-refractivity contribution in [3.63, 3.8) is 0 Å². The molecule has 0 atom stereocenters. The molecule has 5 rings (SSSR count). The number of anilines is 1. The van der Waals surface area contributed by atoms with Crippen molar-refractivity contribution in [3.05, 3.63) is 137 Å². The summed E-state index contributed by atoms with van der Waals surface area (Å²) in [4.78, 5) is 27.5. The zero-order chi connectivity index (χ0) is 21.4. The van der Waals surface area contributed by atoms with Crippen LogP contribution in [0, 0.1) is 0 Å². The van der Waals surface area contributed by atoms with Crippen molar-refractivity contribution in [2.24, 2.45) is 0 Å². The molecule has 1 aliphatic heterocycles. The first kappa shape index (κ1) is 19.0. The molecule has 0 aromatic heterocycles. The van der Waals surface area contributed by atoms with Crippen molar-refractivity contribution >= 4 is 17.5 Å². The van der Waals surface area contributed by atoms with Gasteiger partial charge >= 0.3 is 0 Å². The van der Waals surface area contributed by atoms with E-state index >= 15 is 0 Å². The summed E-state index contributed by atoms with van der Waals surface area (Å²) in [6.45, 7) is 0. The quantitative estimate of drug-likeness (QED) is 0.393. The van der Waals surface area contributed by atoms with E-state index in [2.05, 4.69) is 0 Å². The van der Waals surface area contributed by atoms with Crippen LogP contribution < -0.4 is 4.90 Å². The van der Waals surface area contributed by atoms with Crippen molar-refractivity contribution in [3.8, 4) is 0 Å². The number of nitrogens with zero attached hydrogens (tertiary/aromatic N) is 1. The van der Waals surface area contributed by atoms with E-state index in [0.717, 1.165) is 4.90 Å². The number of benzene rings is 4. The molecule has 0 saturated heterocycles. The zero-order valence-electron chi connectivity index (χ0n) is 16.6. The number of carbonyl (C=O) groups is 2. The average Bonchev–Trinajstić information content (AvgIpc) is 3.10. The molecule has 31 heavy (non-hydrogen) atoms. The smallest absolute Gasteiger partial charge is 0.266 e. The number of carbonyl (C=O) groups excluding carboxylic acids is 2. The molecular weight excluding hydrogens is 386 g/mol. The van der Waals surface area contributed by atoms with Crippen LogP contribution in [-0.2, 0) is 5.60 Å². The van der Waals surface area contributed by atoms with Gasteiger partial charge in [0.2, 0.25) is 0 Å². The first-order valence-electron chi connectivity index (χ1n) is 10.0. The second kappa shape index (κ2) is 7.35. The summed E-state index contributed by atoms with van der Waals surface area (Å²) < 4.78 is 0. The Morgan fingerprint density at radius 1 is 0.548 bits per heavy atom. The van der Waals surface area contributed by atoms with Crippen LogP contribution in [0.15, 0.2) is 109 Å². The summed E-state index contributed by atoms with van der Waals surface area (Å²) in [6.07, 6.45) is 0. The Labute approximate surface area is 180 Å². The van der Waals surface area contributed by atoms with Crippen LogP contribution >= 0.6 is 0 Å². The predicted octanol–water partition coefficient (Wildman–Crippen LogP) is 4.77. The van der Waals surface area contributed by atoms with E-state index in [-0.39, 0.29) is 0 Å². The molecule has 4 nitrogen and oxygen atoms in total. The molecule has 4 aromatic carbocycles. The van der Waals surface area contributed by atoms with Crippen LogP contribution in [0.5, 0.6) is 0 Å². The normalized spacial score (nSPS) is 13.4. The number of hydrogen-bond donors (Lipinski definition) is 1. The van der Waals surface area contributed by atoms with E-state index in [9.17, 15) is 14.7 Å². The highest BCUT2D eigenvalue weighted by atomic mass is 16.3. The van der Waals surface area contributed by atoms with Gasteiger partial charge in [0.25, 0.3) is 11.8 Å². The van der Waals surface area contributed by atoms with Crippen molar-refractivity contribution in [1.82, 2.24) is 0 Å². The molecule has 0 aliphatic carbocycles. The number of amides is 2. The molecule has 1 aliphatic rings. The van der Waals surface area contributed by atoms with Crippen LogP contribution in [0.3, 0.4) is 0 Å². The minimum atomic E-state index is -1.56. The van der Waals surface area contributed by atoms with Crippen molar-refractivity contribution in [1.29, 1.82) is 0 Å². The number of hydrogen-bond acceptors (Lipinski definition) is 3. The fourth-order valence-electron chi connectivity index (χ4n) is 4.22. The van der Waals surface area contributed by atoms with E-state index < -0.39 is 17.4 Å². The van der Waals surface area contributed by atoms with Gasteiger partial charge < -0.3 is 5.11 Å². The minimum absolute atomic E-state index is 0.365. The van der Waals surface area contributed by atoms with Gasteiger partial charge in [0, 0.05) is 5.56 Å². The lowest BCUT2D eigenvalue weighted by atomic mass is 9.79. The van der Waals surface area contributed by atoms with Gasteiger partial charge in [0.05, 0.1) is 16.8 Å². The van der Waals surface area contributed by atoms with Crippen LogP contribution in [-0.4, -0.2) is 16.9 Å². The maximum Gasteiger partial charge on any atom is 0.266 e. The Hall–Kier alpha value is -4.02. The minimum Gasteiger partial charge on any atom is -0.376 e. The molecule has 1 heterocycles. The Morgan fingerprint density at radius 2 is 0.968 bits per heavy atom. The topological polar surface area (TPSA) is 57.6 Å².